The van der Waals surface area contributed by atoms with Crippen molar-refractivity contribution in [2.24, 2.45) is 0 Å². The van der Waals surface area contributed by atoms with Crippen LogP contribution in [0.3, 0.4) is 0 Å². The van der Waals surface area contributed by atoms with Gasteiger partial charge < -0.3 is 9.47 Å². The van der Waals surface area contributed by atoms with E-state index in [0.717, 1.165) is 49.8 Å². The van der Waals surface area contributed by atoms with Crippen LogP contribution in [0.1, 0.15) is 230 Å². The fourth-order valence-corrected chi connectivity index (χ4v) is 7.33. The van der Waals surface area contributed by atoms with Gasteiger partial charge >= 0.3 is 5.97 Å². The van der Waals surface area contributed by atoms with Gasteiger partial charge in [0.1, 0.15) is 6.10 Å². The molecule has 51 heavy (non-hydrogen) atoms. The zero-order valence-corrected chi connectivity index (χ0v) is 34.0. The SMILES string of the molecule is CCCCCCCCCCCCCCCCCCOC(C)c1ccc(-c2ccccc2C(=O)OC(CCC)CCCCCCCCCCC)cc1. The molecule has 2 rings (SSSR count). The highest BCUT2D eigenvalue weighted by Crippen LogP contribution is 2.28. The van der Waals surface area contributed by atoms with Crippen molar-refractivity contribution in [3.05, 3.63) is 59.7 Å². The summed E-state index contributed by atoms with van der Waals surface area (Å²) in [6, 6.07) is 16.5. The Labute approximate surface area is 316 Å². The molecular formula is C48H80O3. The predicted octanol–water partition coefficient (Wildman–Crippen LogP) is 15.9. The van der Waals surface area contributed by atoms with Gasteiger partial charge in [-0.2, -0.15) is 0 Å². The van der Waals surface area contributed by atoms with Crippen LogP contribution in [0.15, 0.2) is 48.5 Å². The van der Waals surface area contributed by atoms with E-state index in [0.29, 0.717) is 5.56 Å². The van der Waals surface area contributed by atoms with Crippen LogP contribution < -0.4 is 0 Å². The molecule has 0 amide bonds. The lowest BCUT2D eigenvalue weighted by Gasteiger charge is -2.19. The molecule has 0 aliphatic heterocycles. The van der Waals surface area contributed by atoms with Crippen LogP contribution in [0.25, 0.3) is 11.1 Å². The van der Waals surface area contributed by atoms with Crippen LogP contribution >= 0.6 is 0 Å². The maximum absolute atomic E-state index is 13.5. The molecule has 0 aliphatic rings. The van der Waals surface area contributed by atoms with Crippen molar-refractivity contribution in [1.29, 1.82) is 0 Å². The van der Waals surface area contributed by atoms with Gasteiger partial charge in [0.25, 0.3) is 0 Å². The smallest absolute Gasteiger partial charge is 0.339 e. The van der Waals surface area contributed by atoms with Crippen LogP contribution in [0.4, 0.5) is 0 Å². The van der Waals surface area contributed by atoms with E-state index in [9.17, 15) is 4.79 Å². The van der Waals surface area contributed by atoms with E-state index in [2.05, 4.69) is 52.0 Å². The lowest BCUT2D eigenvalue weighted by molar-refractivity contribution is 0.0254. The summed E-state index contributed by atoms with van der Waals surface area (Å²) in [7, 11) is 0. The molecule has 0 spiro atoms. The first-order chi connectivity index (χ1) is 25.1. The standard InChI is InChI=1S/C48H80O3/c1-5-8-10-12-14-16-17-18-19-20-21-22-24-26-28-32-41-50-42(4)43-37-39-44(40-38-43)46-35-30-31-36-47(46)48(49)51-45(33-7-3)34-29-27-25-23-15-13-11-9-6-2/h30-31,35-40,42,45H,5-29,32-34,41H2,1-4H3. The largest absolute Gasteiger partial charge is 0.459 e. The van der Waals surface area contributed by atoms with Crippen molar-refractivity contribution in [2.45, 2.75) is 220 Å². The van der Waals surface area contributed by atoms with E-state index in [4.69, 9.17) is 9.47 Å². The lowest BCUT2D eigenvalue weighted by atomic mass is 9.97. The van der Waals surface area contributed by atoms with E-state index in [1.807, 2.05) is 24.3 Å². The second-order valence-corrected chi connectivity index (χ2v) is 15.4. The Balaban J connectivity index is 1.65. The summed E-state index contributed by atoms with van der Waals surface area (Å²) in [6.07, 6.45) is 36.9. The predicted molar refractivity (Wildman–Crippen MR) is 222 cm³/mol. The number of benzene rings is 2. The number of unbranched alkanes of at least 4 members (excludes halogenated alkanes) is 23. The molecule has 0 aromatic heterocycles. The van der Waals surface area contributed by atoms with E-state index < -0.39 is 0 Å². The van der Waals surface area contributed by atoms with Crippen LogP contribution in [0, 0.1) is 0 Å². The molecule has 2 atom stereocenters. The van der Waals surface area contributed by atoms with Gasteiger partial charge in [-0.3, -0.25) is 0 Å². The summed E-state index contributed by atoms with van der Waals surface area (Å²) in [4.78, 5) is 13.5. The van der Waals surface area contributed by atoms with E-state index in [1.54, 1.807) is 0 Å². The second-order valence-electron chi connectivity index (χ2n) is 15.4. The Morgan fingerprint density at radius 3 is 1.45 bits per heavy atom. The molecule has 0 N–H and O–H groups in total. The van der Waals surface area contributed by atoms with Crippen molar-refractivity contribution in [3.63, 3.8) is 0 Å². The van der Waals surface area contributed by atoms with Gasteiger partial charge in [0, 0.05) is 6.61 Å². The van der Waals surface area contributed by atoms with Gasteiger partial charge in [0.15, 0.2) is 0 Å². The molecule has 0 heterocycles. The quantitative estimate of drug-likeness (QED) is 0.0537. The third-order valence-electron chi connectivity index (χ3n) is 10.7. The van der Waals surface area contributed by atoms with Gasteiger partial charge in [-0.05, 0) is 55.4 Å². The molecule has 0 aliphatic carbocycles. The third kappa shape index (κ3) is 21.9. The van der Waals surface area contributed by atoms with Crippen LogP contribution in [-0.4, -0.2) is 18.7 Å². The third-order valence-corrected chi connectivity index (χ3v) is 10.7. The number of ether oxygens (including phenoxy) is 2. The van der Waals surface area contributed by atoms with Crippen molar-refractivity contribution >= 4 is 5.97 Å². The molecule has 3 nitrogen and oxygen atoms in total. The van der Waals surface area contributed by atoms with Crippen LogP contribution in [0.5, 0.6) is 0 Å². The van der Waals surface area contributed by atoms with Gasteiger partial charge in [-0.1, -0.05) is 217 Å². The summed E-state index contributed by atoms with van der Waals surface area (Å²) in [6.45, 7) is 9.71. The first-order valence-electron chi connectivity index (χ1n) is 22.1. The van der Waals surface area contributed by atoms with Gasteiger partial charge in [-0.15, -0.1) is 0 Å². The molecule has 0 bridgehead atoms. The maximum Gasteiger partial charge on any atom is 0.339 e. The summed E-state index contributed by atoms with van der Waals surface area (Å²) in [5.41, 5.74) is 3.82. The number of carbonyl (C=O) groups is 1. The average molecular weight is 705 g/mol. The molecule has 0 saturated heterocycles. The van der Waals surface area contributed by atoms with Gasteiger partial charge in [0.05, 0.1) is 11.7 Å². The summed E-state index contributed by atoms with van der Waals surface area (Å²) >= 11 is 0. The van der Waals surface area contributed by atoms with E-state index >= 15 is 0 Å². The monoisotopic (exact) mass is 705 g/mol. The Kier molecular flexibility index (Phi) is 27.7. The Morgan fingerprint density at radius 2 is 0.961 bits per heavy atom. The van der Waals surface area contributed by atoms with Gasteiger partial charge in [-0.25, -0.2) is 4.79 Å². The first-order valence-corrected chi connectivity index (χ1v) is 22.1. The molecule has 0 radical (unpaired) electrons. The number of rotatable bonds is 34. The fourth-order valence-electron chi connectivity index (χ4n) is 7.33. The van der Waals surface area contributed by atoms with Crippen molar-refractivity contribution in [3.8, 4) is 11.1 Å². The molecule has 0 saturated carbocycles. The number of hydrogen-bond donors (Lipinski definition) is 0. The molecule has 2 aromatic carbocycles. The topological polar surface area (TPSA) is 35.5 Å². The zero-order valence-electron chi connectivity index (χ0n) is 34.0. The first kappa shape index (κ1) is 45.0. The highest BCUT2D eigenvalue weighted by Gasteiger charge is 2.19. The molecule has 290 valence electrons. The number of esters is 1. The van der Waals surface area contributed by atoms with Crippen molar-refractivity contribution in [1.82, 2.24) is 0 Å². The Bertz CT molecular complexity index is 1080. The summed E-state index contributed by atoms with van der Waals surface area (Å²) in [5.74, 6) is -0.195. The molecule has 2 aromatic rings. The Hall–Kier alpha value is -2.13. The molecule has 2 unspecified atom stereocenters. The summed E-state index contributed by atoms with van der Waals surface area (Å²) < 4.78 is 12.4. The maximum atomic E-state index is 13.5. The Morgan fingerprint density at radius 1 is 0.510 bits per heavy atom. The van der Waals surface area contributed by atoms with Crippen molar-refractivity contribution < 1.29 is 14.3 Å². The fraction of sp³-hybridized carbons (Fsp3) is 0.729. The minimum absolute atomic E-state index is 0.00476. The van der Waals surface area contributed by atoms with Crippen LogP contribution in [-0.2, 0) is 9.47 Å². The van der Waals surface area contributed by atoms with Crippen molar-refractivity contribution in [2.75, 3.05) is 6.61 Å². The van der Waals surface area contributed by atoms with E-state index in [-0.39, 0.29) is 18.2 Å². The highest BCUT2D eigenvalue weighted by atomic mass is 16.5. The minimum Gasteiger partial charge on any atom is -0.459 e. The van der Waals surface area contributed by atoms with E-state index in [1.165, 1.54) is 153 Å². The normalized spacial score (nSPS) is 12.6. The lowest BCUT2D eigenvalue weighted by Crippen LogP contribution is -2.19. The highest BCUT2D eigenvalue weighted by molar-refractivity contribution is 5.97. The number of hydrogen-bond acceptors (Lipinski definition) is 3. The average Bonchev–Trinajstić information content (AvgIpc) is 3.15. The van der Waals surface area contributed by atoms with Gasteiger partial charge in [0.2, 0.25) is 0 Å². The molecule has 0 fully saturated rings. The minimum atomic E-state index is -0.195. The molecular weight excluding hydrogens is 625 g/mol. The zero-order chi connectivity index (χ0) is 36.6. The second kappa shape index (κ2) is 31.4. The number of carbonyl (C=O) groups excluding carboxylic acids is 1. The summed E-state index contributed by atoms with van der Waals surface area (Å²) in [5, 5.41) is 0. The molecule has 3 heteroatoms. The van der Waals surface area contributed by atoms with Crippen LogP contribution in [0.2, 0.25) is 0 Å².